The maximum atomic E-state index is 12.2. The largest absolute Gasteiger partial charge is 0.508 e. The molecule has 31 heavy (non-hydrogen) atoms. The number of fused-ring (bicyclic) bond motifs is 4. The number of aromatic hydroxyl groups is 1. The van der Waals surface area contributed by atoms with E-state index in [1.54, 1.807) is 17.0 Å². The summed E-state index contributed by atoms with van der Waals surface area (Å²) in [6.45, 7) is 3.23. The number of nitrogens with zero attached hydrogens (tertiary/aromatic N) is 3. The molecule has 8 heteroatoms. The number of hydrogen-bond donors (Lipinski definition) is 1. The zero-order chi connectivity index (χ0) is 21.6. The fourth-order valence-corrected chi connectivity index (χ4v) is 4.88. The second kappa shape index (κ2) is 7.64. The molecule has 7 nitrogen and oxygen atoms in total. The normalized spacial score (nSPS) is 21.2. The summed E-state index contributed by atoms with van der Waals surface area (Å²) in [7, 11) is 0. The van der Waals surface area contributed by atoms with Crippen molar-refractivity contribution in [1.29, 1.82) is 0 Å². The van der Waals surface area contributed by atoms with Crippen molar-refractivity contribution in [3.8, 4) is 11.5 Å². The van der Waals surface area contributed by atoms with Crippen LogP contribution in [0.25, 0.3) is 0 Å². The van der Waals surface area contributed by atoms with Gasteiger partial charge in [0.15, 0.2) is 0 Å². The van der Waals surface area contributed by atoms with Gasteiger partial charge in [-0.25, -0.2) is 9.80 Å². The van der Waals surface area contributed by atoms with Crippen molar-refractivity contribution in [3.63, 3.8) is 0 Å². The van der Waals surface area contributed by atoms with Crippen LogP contribution in [0.3, 0.4) is 0 Å². The lowest BCUT2D eigenvalue weighted by atomic mass is 9.91. The lowest BCUT2D eigenvalue weighted by molar-refractivity contribution is -0.147. The number of hydrogen-bond acceptors (Lipinski definition) is 6. The molecule has 3 heterocycles. The minimum absolute atomic E-state index is 0.0195. The molecule has 1 spiro atoms. The van der Waals surface area contributed by atoms with Gasteiger partial charge in [-0.05, 0) is 37.3 Å². The van der Waals surface area contributed by atoms with Crippen LogP contribution in [-0.4, -0.2) is 52.2 Å². The second-order valence-electron chi connectivity index (χ2n) is 8.08. The van der Waals surface area contributed by atoms with Gasteiger partial charge in [-0.1, -0.05) is 23.7 Å². The van der Waals surface area contributed by atoms with Crippen molar-refractivity contribution in [1.82, 2.24) is 9.91 Å². The minimum atomic E-state index is -0.646. The molecule has 1 amide bonds. The van der Waals surface area contributed by atoms with Gasteiger partial charge in [-0.2, -0.15) is 5.10 Å². The van der Waals surface area contributed by atoms with E-state index in [2.05, 4.69) is 0 Å². The summed E-state index contributed by atoms with van der Waals surface area (Å²) in [5.41, 5.74) is 2.14. The van der Waals surface area contributed by atoms with Gasteiger partial charge < -0.3 is 19.5 Å². The van der Waals surface area contributed by atoms with Crippen LogP contribution >= 0.6 is 11.6 Å². The maximum absolute atomic E-state index is 12.2. The Morgan fingerprint density at radius 1 is 1.29 bits per heavy atom. The number of phenols is 1. The monoisotopic (exact) mass is 441 g/mol. The topological polar surface area (TPSA) is 74.6 Å². The van der Waals surface area contributed by atoms with Gasteiger partial charge in [0.2, 0.25) is 5.72 Å². The van der Waals surface area contributed by atoms with Gasteiger partial charge in [0.05, 0.1) is 18.4 Å². The summed E-state index contributed by atoms with van der Waals surface area (Å²) in [5, 5.41) is 17.6. The number of phenolic OH excluding ortho intramolecular Hbond substituents is 1. The van der Waals surface area contributed by atoms with E-state index in [1.807, 2.05) is 42.3 Å². The van der Waals surface area contributed by atoms with E-state index in [9.17, 15) is 9.90 Å². The molecule has 0 aliphatic carbocycles. The molecule has 3 aliphatic heterocycles. The fraction of sp³-hybridized carbons (Fsp3) is 0.391. The van der Waals surface area contributed by atoms with Crippen LogP contribution in [0.5, 0.6) is 11.5 Å². The summed E-state index contributed by atoms with van der Waals surface area (Å²) in [6.07, 6.45) is 1.62. The molecule has 1 atom stereocenters. The highest BCUT2D eigenvalue weighted by Crippen LogP contribution is 2.50. The molecule has 162 valence electrons. The van der Waals surface area contributed by atoms with Crippen LogP contribution in [0.15, 0.2) is 47.6 Å². The Labute approximate surface area is 185 Å². The summed E-state index contributed by atoms with van der Waals surface area (Å²) in [4.78, 5) is 13.9. The molecular formula is C23H24ClN3O4. The maximum Gasteiger partial charge on any atom is 0.409 e. The molecule has 2 aromatic carbocycles. The Morgan fingerprint density at radius 2 is 2.10 bits per heavy atom. The number of ether oxygens (including phenoxy) is 2. The SMILES string of the molecule is CCOC(=O)N1CCC2(CC1)Oc1ccc(Cl)cc1[C@@H]1CC(c3cccc(O)c3)=NN12. The van der Waals surface area contributed by atoms with Gasteiger partial charge in [0.25, 0.3) is 0 Å². The van der Waals surface area contributed by atoms with Crippen LogP contribution in [0.1, 0.15) is 43.4 Å². The summed E-state index contributed by atoms with van der Waals surface area (Å²) < 4.78 is 11.7. The Kier molecular flexibility index (Phi) is 4.93. The van der Waals surface area contributed by atoms with Gasteiger partial charge in [-0.3, -0.25) is 0 Å². The lowest BCUT2D eigenvalue weighted by Gasteiger charge is -2.51. The van der Waals surface area contributed by atoms with Crippen molar-refractivity contribution < 1.29 is 19.4 Å². The quantitative estimate of drug-likeness (QED) is 0.740. The first kappa shape index (κ1) is 20.0. The highest BCUT2D eigenvalue weighted by molar-refractivity contribution is 6.30. The molecule has 0 bridgehead atoms. The number of carbonyl (C=O) groups excluding carboxylic acids is 1. The molecule has 5 rings (SSSR count). The number of rotatable bonds is 2. The molecule has 0 saturated carbocycles. The van der Waals surface area contributed by atoms with Crippen LogP contribution < -0.4 is 4.74 Å². The average Bonchev–Trinajstić information content (AvgIpc) is 3.22. The Balaban J connectivity index is 1.50. The van der Waals surface area contributed by atoms with Crippen LogP contribution in [0.4, 0.5) is 4.79 Å². The molecule has 1 saturated heterocycles. The summed E-state index contributed by atoms with van der Waals surface area (Å²) in [5.74, 6) is 1.02. The number of hydrazone groups is 1. The molecule has 0 aromatic heterocycles. The van der Waals surface area contributed by atoms with E-state index >= 15 is 0 Å². The third-order valence-corrected chi connectivity index (χ3v) is 6.44. The standard InChI is InChI=1S/C23H24ClN3O4/c1-2-30-22(29)26-10-8-23(9-11-26)27-20(18-13-16(24)6-7-21(18)31-23)14-19(25-27)15-4-3-5-17(28)12-15/h3-7,12-13,20,28H,2,8-11,14H2,1H3/t20-/m0/s1. The van der Waals surface area contributed by atoms with E-state index in [4.69, 9.17) is 26.2 Å². The zero-order valence-electron chi connectivity index (χ0n) is 17.3. The number of amides is 1. The molecule has 1 fully saturated rings. The minimum Gasteiger partial charge on any atom is -0.508 e. The van der Waals surface area contributed by atoms with Gasteiger partial charge in [0, 0.05) is 48.5 Å². The summed E-state index contributed by atoms with van der Waals surface area (Å²) in [6, 6.07) is 12.8. The summed E-state index contributed by atoms with van der Waals surface area (Å²) >= 11 is 6.30. The third kappa shape index (κ3) is 3.47. The smallest absolute Gasteiger partial charge is 0.409 e. The predicted molar refractivity (Wildman–Crippen MR) is 116 cm³/mol. The van der Waals surface area contributed by atoms with Gasteiger partial charge in [0.1, 0.15) is 11.5 Å². The van der Waals surface area contributed by atoms with E-state index in [-0.39, 0.29) is 17.9 Å². The molecule has 0 unspecified atom stereocenters. The molecule has 3 aliphatic rings. The number of benzene rings is 2. The zero-order valence-corrected chi connectivity index (χ0v) is 18.0. The number of piperidine rings is 1. The first-order valence-electron chi connectivity index (χ1n) is 10.6. The second-order valence-corrected chi connectivity index (χ2v) is 8.51. The van der Waals surface area contributed by atoms with Crippen LogP contribution in [-0.2, 0) is 4.74 Å². The highest BCUT2D eigenvalue weighted by atomic mass is 35.5. The Morgan fingerprint density at radius 3 is 2.84 bits per heavy atom. The van der Waals surface area contributed by atoms with E-state index < -0.39 is 5.72 Å². The predicted octanol–water partition coefficient (Wildman–Crippen LogP) is 4.54. The van der Waals surface area contributed by atoms with E-state index in [0.717, 1.165) is 22.6 Å². The van der Waals surface area contributed by atoms with Crippen LogP contribution in [0.2, 0.25) is 5.02 Å². The Hall–Kier alpha value is -2.93. The first-order chi connectivity index (χ1) is 15.0. The van der Waals surface area contributed by atoms with Crippen molar-refractivity contribution in [2.45, 2.75) is 38.0 Å². The molecule has 2 aromatic rings. The van der Waals surface area contributed by atoms with Crippen LogP contribution in [0, 0.1) is 0 Å². The number of likely N-dealkylation sites (tertiary alicyclic amines) is 1. The van der Waals surface area contributed by atoms with Gasteiger partial charge in [-0.15, -0.1) is 0 Å². The molecular weight excluding hydrogens is 418 g/mol. The van der Waals surface area contributed by atoms with Crippen molar-refractivity contribution in [3.05, 3.63) is 58.6 Å². The molecule has 0 radical (unpaired) electrons. The highest BCUT2D eigenvalue weighted by Gasteiger charge is 2.52. The van der Waals surface area contributed by atoms with E-state index in [0.29, 0.717) is 44.0 Å². The first-order valence-corrected chi connectivity index (χ1v) is 10.9. The van der Waals surface area contributed by atoms with Crippen molar-refractivity contribution >= 4 is 23.4 Å². The Bertz CT molecular complexity index is 1050. The molecule has 1 N–H and O–H groups in total. The van der Waals surface area contributed by atoms with Crippen molar-refractivity contribution in [2.75, 3.05) is 19.7 Å². The lowest BCUT2D eigenvalue weighted by Crippen LogP contribution is -2.59. The van der Waals surface area contributed by atoms with E-state index in [1.165, 1.54) is 0 Å². The third-order valence-electron chi connectivity index (χ3n) is 6.21. The van der Waals surface area contributed by atoms with Crippen molar-refractivity contribution in [2.24, 2.45) is 5.10 Å². The average molecular weight is 442 g/mol. The number of carbonyl (C=O) groups is 1. The van der Waals surface area contributed by atoms with Gasteiger partial charge >= 0.3 is 6.09 Å². The fourth-order valence-electron chi connectivity index (χ4n) is 4.70. The number of halogens is 1.